The zero-order valence-corrected chi connectivity index (χ0v) is 14.5. The minimum absolute atomic E-state index is 0.0600. The smallest absolute Gasteiger partial charge is 0.243 e. The Morgan fingerprint density at radius 3 is 2.58 bits per heavy atom. The first kappa shape index (κ1) is 16.5. The summed E-state index contributed by atoms with van der Waals surface area (Å²) in [5, 5.41) is 6.57. The molecule has 128 valence electrons. The monoisotopic (exact) mass is 328 g/mol. The number of hydrogen-bond acceptors (Lipinski definition) is 5. The van der Waals surface area contributed by atoms with Gasteiger partial charge in [-0.15, -0.1) is 0 Å². The van der Waals surface area contributed by atoms with E-state index in [4.69, 9.17) is 4.52 Å². The average Bonchev–Trinajstić information content (AvgIpc) is 2.99. The third-order valence-electron chi connectivity index (χ3n) is 4.48. The molecule has 0 spiro atoms. The predicted molar refractivity (Wildman–Crippen MR) is 94.3 cm³/mol. The number of rotatable bonds is 4. The second kappa shape index (κ2) is 7.05. The molecule has 1 fully saturated rings. The number of amides is 1. The van der Waals surface area contributed by atoms with Gasteiger partial charge in [-0.2, -0.15) is 0 Å². The number of piperazine rings is 1. The summed E-state index contributed by atoms with van der Waals surface area (Å²) in [6.07, 6.45) is 0. The molecule has 2 aromatic rings. The number of hydrogen-bond donors (Lipinski definition) is 1. The highest BCUT2D eigenvalue weighted by atomic mass is 16.5. The number of carbonyl (C=O) groups excluding carboxylic acids is 1. The first-order chi connectivity index (χ1) is 11.5. The van der Waals surface area contributed by atoms with Gasteiger partial charge in [-0.25, -0.2) is 0 Å². The van der Waals surface area contributed by atoms with E-state index in [2.05, 4.69) is 51.5 Å². The summed E-state index contributed by atoms with van der Waals surface area (Å²) in [6.45, 7) is 9.42. The van der Waals surface area contributed by atoms with Crippen LogP contribution in [0.5, 0.6) is 0 Å². The molecule has 1 saturated heterocycles. The molecule has 24 heavy (non-hydrogen) atoms. The number of nitrogens with zero attached hydrogens (tertiary/aromatic N) is 3. The van der Waals surface area contributed by atoms with Gasteiger partial charge in [-0.1, -0.05) is 17.3 Å². The van der Waals surface area contributed by atoms with Crippen LogP contribution in [0.1, 0.15) is 18.2 Å². The fraction of sp³-hybridized carbons (Fsp3) is 0.444. The van der Waals surface area contributed by atoms with Crippen molar-refractivity contribution in [2.24, 2.45) is 0 Å². The van der Waals surface area contributed by atoms with Crippen molar-refractivity contribution in [1.29, 1.82) is 0 Å². The van der Waals surface area contributed by atoms with Gasteiger partial charge in [-0.05, 0) is 38.5 Å². The van der Waals surface area contributed by atoms with Crippen LogP contribution in [0.2, 0.25) is 0 Å². The van der Waals surface area contributed by atoms with Crippen LogP contribution in [0, 0.1) is 13.8 Å². The lowest BCUT2D eigenvalue weighted by Crippen LogP contribution is -2.52. The summed E-state index contributed by atoms with van der Waals surface area (Å²) in [4.78, 5) is 16.9. The Labute approximate surface area is 142 Å². The van der Waals surface area contributed by atoms with Crippen molar-refractivity contribution < 1.29 is 9.32 Å². The highest BCUT2D eigenvalue weighted by Gasteiger charge is 2.26. The summed E-state index contributed by atoms with van der Waals surface area (Å²) in [5.41, 5.74) is 3.28. The normalized spacial score (nSPS) is 16.9. The maximum atomic E-state index is 12.4. The summed E-state index contributed by atoms with van der Waals surface area (Å²) >= 11 is 0. The van der Waals surface area contributed by atoms with Gasteiger partial charge in [0.1, 0.15) is 0 Å². The van der Waals surface area contributed by atoms with Crippen LogP contribution in [0.15, 0.2) is 34.9 Å². The molecule has 1 aliphatic heterocycles. The van der Waals surface area contributed by atoms with Crippen molar-refractivity contribution in [3.8, 4) is 0 Å². The van der Waals surface area contributed by atoms with Crippen LogP contribution in [0.3, 0.4) is 0 Å². The molecule has 3 rings (SSSR count). The third kappa shape index (κ3) is 3.76. The van der Waals surface area contributed by atoms with Crippen molar-refractivity contribution in [3.63, 3.8) is 0 Å². The fourth-order valence-electron chi connectivity index (χ4n) is 3.01. The number of aryl methyl sites for hydroxylation is 2. The molecule has 0 radical (unpaired) electrons. The molecule has 1 unspecified atom stereocenters. The van der Waals surface area contributed by atoms with E-state index in [1.54, 1.807) is 6.07 Å². The van der Waals surface area contributed by atoms with Gasteiger partial charge < -0.3 is 9.42 Å². The van der Waals surface area contributed by atoms with E-state index in [1.807, 2.05) is 13.8 Å². The largest absolute Gasteiger partial charge is 0.369 e. The summed E-state index contributed by atoms with van der Waals surface area (Å²) in [6, 6.07) is 10.1. The second-order valence-corrected chi connectivity index (χ2v) is 6.36. The van der Waals surface area contributed by atoms with E-state index >= 15 is 0 Å². The SMILES string of the molecule is Cc1cccc(N2CCN(C(C)C(=O)Nc3cc(C)no3)CC2)c1. The van der Waals surface area contributed by atoms with Crippen LogP contribution in [-0.2, 0) is 4.79 Å². The molecule has 0 aliphatic carbocycles. The zero-order chi connectivity index (χ0) is 17.1. The molecule has 1 N–H and O–H groups in total. The number of anilines is 2. The van der Waals surface area contributed by atoms with E-state index in [1.165, 1.54) is 11.3 Å². The van der Waals surface area contributed by atoms with Gasteiger partial charge in [0.2, 0.25) is 11.8 Å². The fourth-order valence-corrected chi connectivity index (χ4v) is 3.01. The minimum atomic E-state index is -0.199. The molecular weight excluding hydrogens is 304 g/mol. The van der Waals surface area contributed by atoms with Gasteiger partial charge in [0.25, 0.3) is 0 Å². The number of carbonyl (C=O) groups is 1. The summed E-state index contributed by atoms with van der Waals surface area (Å²) in [5.74, 6) is 0.345. The minimum Gasteiger partial charge on any atom is -0.369 e. The quantitative estimate of drug-likeness (QED) is 0.934. The van der Waals surface area contributed by atoms with Crippen molar-refractivity contribution in [2.75, 3.05) is 36.4 Å². The first-order valence-electron chi connectivity index (χ1n) is 8.33. The molecule has 6 nitrogen and oxygen atoms in total. The molecule has 1 aromatic heterocycles. The molecule has 1 amide bonds. The molecule has 0 bridgehead atoms. The van der Waals surface area contributed by atoms with E-state index in [9.17, 15) is 4.79 Å². The van der Waals surface area contributed by atoms with Crippen molar-refractivity contribution in [3.05, 3.63) is 41.6 Å². The molecular formula is C18H24N4O2. The van der Waals surface area contributed by atoms with Crippen LogP contribution in [0.4, 0.5) is 11.6 Å². The average molecular weight is 328 g/mol. The second-order valence-electron chi connectivity index (χ2n) is 6.36. The highest BCUT2D eigenvalue weighted by Crippen LogP contribution is 2.19. The maximum absolute atomic E-state index is 12.4. The van der Waals surface area contributed by atoms with Crippen LogP contribution in [0.25, 0.3) is 0 Å². The van der Waals surface area contributed by atoms with Crippen LogP contribution >= 0.6 is 0 Å². The summed E-state index contributed by atoms with van der Waals surface area (Å²) in [7, 11) is 0. The lowest BCUT2D eigenvalue weighted by Gasteiger charge is -2.38. The van der Waals surface area contributed by atoms with Crippen molar-refractivity contribution >= 4 is 17.5 Å². The van der Waals surface area contributed by atoms with Gasteiger partial charge in [0, 0.05) is 37.9 Å². The lowest BCUT2D eigenvalue weighted by molar-refractivity contribution is -0.121. The molecule has 1 atom stereocenters. The van der Waals surface area contributed by atoms with Gasteiger partial charge in [0.15, 0.2) is 0 Å². The number of nitrogens with one attached hydrogen (secondary N) is 1. The number of aromatic nitrogens is 1. The molecule has 2 heterocycles. The van der Waals surface area contributed by atoms with E-state index in [0.717, 1.165) is 31.9 Å². The van der Waals surface area contributed by atoms with Crippen LogP contribution in [-0.4, -0.2) is 48.2 Å². The standard InChI is InChI=1S/C18H24N4O2/c1-13-5-4-6-16(11-13)22-9-7-21(8-10-22)15(3)18(23)19-17-12-14(2)20-24-17/h4-6,11-12,15H,7-10H2,1-3H3,(H,19,23). The predicted octanol–water partition coefficient (Wildman–Crippen LogP) is 2.44. The molecule has 0 saturated carbocycles. The number of benzene rings is 1. The van der Waals surface area contributed by atoms with Gasteiger partial charge in [0.05, 0.1) is 11.7 Å². The molecule has 6 heteroatoms. The third-order valence-corrected chi connectivity index (χ3v) is 4.48. The topological polar surface area (TPSA) is 61.6 Å². The Hall–Kier alpha value is -2.34. The Morgan fingerprint density at radius 1 is 1.21 bits per heavy atom. The van der Waals surface area contributed by atoms with Crippen molar-refractivity contribution in [2.45, 2.75) is 26.8 Å². The highest BCUT2D eigenvalue weighted by molar-refractivity contribution is 5.93. The van der Waals surface area contributed by atoms with E-state index in [-0.39, 0.29) is 11.9 Å². The Balaban J connectivity index is 1.54. The molecule has 1 aliphatic rings. The maximum Gasteiger partial charge on any atom is 0.243 e. The Kier molecular flexibility index (Phi) is 4.85. The Morgan fingerprint density at radius 2 is 1.96 bits per heavy atom. The Bertz CT molecular complexity index is 705. The summed E-state index contributed by atoms with van der Waals surface area (Å²) < 4.78 is 5.05. The molecule has 1 aromatic carbocycles. The van der Waals surface area contributed by atoms with Crippen LogP contribution < -0.4 is 10.2 Å². The van der Waals surface area contributed by atoms with Crippen molar-refractivity contribution in [1.82, 2.24) is 10.1 Å². The van der Waals surface area contributed by atoms with Gasteiger partial charge in [-0.3, -0.25) is 15.0 Å². The first-order valence-corrected chi connectivity index (χ1v) is 8.33. The van der Waals surface area contributed by atoms with Gasteiger partial charge >= 0.3 is 0 Å². The van der Waals surface area contributed by atoms with E-state index in [0.29, 0.717) is 5.88 Å². The zero-order valence-electron chi connectivity index (χ0n) is 14.5. The lowest BCUT2D eigenvalue weighted by atomic mass is 10.1. The van der Waals surface area contributed by atoms with E-state index < -0.39 is 0 Å².